The first-order chi connectivity index (χ1) is 14.8. The monoisotopic (exact) mass is 442 g/mol. The average molecular weight is 442 g/mol. The zero-order chi connectivity index (χ0) is 22.3. The van der Waals surface area contributed by atoms with Crippen LogP contribution in [0.1, 0.15) is 5.56 Å². The number of anilines is 1. The van der Waals surface area contributed by atoms with E-state index in [4.69, 9.17) is 19.3 Å². The van der Waals surface area contributed by atoms with Crippen LogP contribution in [0, 0.1) is 0 Å². The Labute approximate surface area is 176 Å². The maximum absolute atomic E-state index is 12.2. The number of morpholine rings is 1. The van der Waals surface area contributed by atoms with Crippen molar-refractivity contribution < 1.29 is 42.0 Å². The normalized spacial score (nSPS) is 16.7. The molecular weight excluding hydrogens is 421 g/mol. The molecule has 1 fully saturated rings. The smallest absolute Gasteiger partial charge is 0.487 e. The lowest BCUT2D eigenvalue weighted by atomic mass is 10.2. The Hall–Kier alpha value is -3.05. The second-order valence-electron chi connectivity index (χ2n) is 6.69. The molecule has 11 heteroatoms. The highest BCUT2D eigenvalue weighted by Crippen LogP contribution is 2.25. The van der Waals surface area contributed by atoms with Crippen LogP contribution < -0.4 is 14.4 Å². The van der Waals surface area contributed by atoms with Crippen molar-refractivity contribution in [2.45, 2.75) is 19.0 Å². The summed E-state index contributed by atoms with van der Waals surface area (Å²) in [7, 11) is 0. The third-order valence-corrected chi connectivity index (χ3v) is 4.36. The second-order valence-corrected chi connectivity index (χ2v) is 6.69. The number of rotatable bonds is 9. The molecule has 1 aliphatic rings. The first-order valence-corrected chi connectivity index (χ1v) is 9.36. The van der Waals surface area contributed by atoms with Gasteiger partial charge >= 0.3 is 12.3 Å². The Morgan fingerprint density at radius 2 is 2.00 bits per heavy atom. The van der Waals surface area contributed by atoms with Crippen molar-refractivity contribution in [2.24, 2.45) is 0 Å². The summed E-state index contributed by atoms with van der Waals surface area (Å²) in [5.74, 6) is -0.869. The van der Waals surface area contributed by atoms with Gasteiger partial charge in [0, 0.05) is 12.6 Å². The van der Waals surface area contributed by atoms with Crippen molar-refractivity contribution >= 4 is 11.7 Å². The Morgan fingerprint density at radius 3 is 2.71 bits per heavy atom. The lowest BCUT2D eigenvalue weighted by molar-refractivity contribution is -0.274. The largest absolute Gasteiger partial charge is 0.573 e. The van der Waals surface area contributed by atoms with Crippen LogP contribution in [0.3, 0.4) is 0 Å². The van der Waals surface area contributed by atoms with Gasteiger partial charge in [-0.05, 0) is 17.7 Å². The molecule has 0 unspecified atom stereocenters. The van der Waals surface area contributed by atoms with E-state index in [1.54, 1.807) is 12.3 Å². The van der Waals surface area contributed by atoms with Crippen LogP contribution in [0.4, 0.5) is 18.9 Å². The molecule has 0 spiro atoms. The fourth-order valence-electron chi connectivity index (χ4n) is 3.01. The van der Waals surface area contributed by atoms with E-state index in [0.29, 0.717) is 31.1 Å². The fourth-order valence-corrected chi connectivity index (χ4v) is 3.01. The van der Waals surface area contributed by atoms with E-state index in [-0.39, 0.29) is 25.0 Å². The number of benzene rings is 1. The number of nitrogens with zero attached hydrogens (tertiary/aromatic N) is 2. The number of carbonyl (C=O) groups is 1. The van der Waals surface area contributed by atoms with Gasteiger partial charge in [0.15, 0.2) is 0 Å². The molecule has 1 aromatic carbocycles. The van der Waals surface area contributed by atoms with Crippen LogP contribution in [0.2, 0.25) is 0 Å². The number of carboxylic acid groups (broad SMARTS) is 1. The topological polar surface area (TPSA) is 90.4 Å². The number of pyridine rings is 1. The number of hydrogen-bond donors (Lipinski definition) is 1. The predicted molar refractivity (Wildman–Crippen MR) is 102 cm³/mol. The minimum absolute atomic E-state index is 0.131. The Morgan fingerprint density at radius 1 is 1.23 bits per heavy atom. The van der Waals surface area contributed by atoms with Crippen LogP contribution in [0.25, 0.3) is 0 Å². The van der Waals surface area contributed by atoms with E-state index < -0.39 is 18.9 Å². The lowest BCUT2D eigenvalue weighted by Crippen LogP contribution is -2.48. The van der Waals surface area contributed by atoms with Gasteiger partial charge in [-0.3, -0.25) is 4.98 Å². The van der Waals surface area contributed by atoms with Gasteiger partial charge in [0.1, 0.15) is 24.7 Å². The van der Waals surface area contributed by atoms with E-state index in [2.05, 4.69) is 9.72 Å². The summed E-state index contributed by atoms with van der Waals surface area (Å²) in [6.07, 6.45) is -1.55. The summed E-state index contributed by atoms with van der Waals surface area (Å²) in [5, 5.41) is 8.73. The van der Waals surface area contributed by atoms with Gasteiger partial charge in [0.25, 0.3) is 0 Å². The lowest BCUT2D eigenvalue weighted by Gasteiger charge is -2.37. The maximum Gasteiger partial charge on any atom is 0.573 e. The molecule has 168 valence electrons. The van der Waals surface area contributed by atoms with Gasteiger partial charge in [0.2, 0.25) is 0 Å². The summed E-state index contributed by atoms with van der Waals surface area (Å²) < 4.78 is 56.9. The van der Waals surface area contributed by atoms with Gasteiger partial charge in [0.05, 0.1) is 43.9 Å². The standard InChI is InChI=1S/C20H21F3N2O6/c21-20(22,23)31-17-3-1-14(2-4-17)10-30-18-7-15(8-24-9-18)25-5-6-28-11-16(25)12-29-13-19(26)27/h1-4,7-9,16H,5-6,10-13H2,(H,26,27)/t16-/m0/s1. The van der Waals surface area contributed by atoms with Crippen molar-refractivity contribution in [3.63, 3.8) is 0 Å². The van der Waals surface area contributed by atoms with Crippen LogP contribution in [0.5, 0.6) is 11.5 Å². The summed E-state index contributed by atoms with van der Waals surface area (Å²) in [4.78, 5) is 16.8. The molecule has 0 radical (unpaired) electrons. The van der Waals surface area contributed by atoms with Crippen molar-refractivity contribution in [1.29, 1.82) is 0 Å². The number of aromatic nitrogens is 1. The summed E-state index contributed by atoms with van der Waals surface area (Å²) in [5.41, 5.74) is 1.42. The number of aliphatic carboxylic acids is 1. The van der Waals surface area contributed by atoms with Gasteiger partial charge in [-0.1, -0.05) is 12.1 Å². The predicted octanol–water partition coefficient (Wildman–Crippen LogP) is 2.87. The van der Waals surface area contributed by atoms with Crippen molar-refractivity contribution in [3.05, 3.63) is 48.3 Å². The number of halogens is 3. The molecule has 0 bridgehead atoms. The molecule has 0 saturated carbocycles. The fraction of sp³-hybridized carbons (Fsp3) is 0.400. The highest BCUT2D eigenvalue weighted by atomic mass is 19.4. The van der Waals surface area contributed by atoms with Crippen LogP contribution in [-0.4, -0.2) is 61.4 Å². The molecule has 8 nitrogen and oxygen atoms in total. The molecular formula is C20H21F3N2O6. The number of carboxylic acids is 1. The Bertz CT molecular complexity index is 863. The van der Waals surface area contributed by atoms with E-state index in [1.165, 1.54) is 30.5 Å². The van der Waals surface area contributed by atoms with Gasteiger partial charge in [-0.25, -0.2) is 4.79 Å². The van der Waals surface area contributed by atoms with Crippen molar-refractivity contribution in [3.8, 4) is 11.5 Å². The second kappa shape index (κ2) is 10.3. The average Bonchev–Trinajstić information content (AvgIpc) is 2.72. The van der Waals surface area contributed by atoms with E-state index in [9.17, 15) is 18.0 Å². The van der Waals surface area contributed by atoms with Crippen LogP contribution in [-0.2, 0) is 20.9 Å². The van der Waals surface area contributed by atoms with Gasteiger partial charge in [-0.15, -0.1) is 13.2 Å². The molecule has 1 atom stereocenters. The molecule has 1 aromatic heterocycles. The molecule has 0 aliphatic carbocycles. The van der Waals surface area contributed by atoms with Crippen LogP contribution in [0.15, 0.2) is 42.7 Å². The van der Waals surface area contributed by atoms with E-state index in [0.717, 1.165) is 5.69 Å². The Kier molecular flexibility index (Phi) is 7.53. The number of hydrogen-bond acceptors (Lipinski definition) is 7. The maximum atomic E-state index is 12.2. The van der Waals surface area contributed by atoms with Gasteiger partial charge < -0.3 is 29.0 Å². The summed E-state index contributed by atoms with van der Waals surface area (Å²) >= 11 is 0. The summed E-state index contributed by atoms with van der Waals surface area (Å²) in [6, 6.07) is 7.01. The zero-order valence-electron chi connectivity index (χ0n) is 16.4. The SMILES string of the molecule is O=C(O)COC[C@@H]1COCCN1c1cncc(OCc2ccc(OC(F)(F)F)cc2)c1. The van der Waals surface area contributed by atoms with Crippen molar-refractivity contribution in [1.82, 2.24) is 4.98 Å². The molecule has 3 rings (SSSR count). The molecule has 0 amide bonds. The molecule has 1 N–H and O–H groups in total. The number of ether oxygens (including phenoxy) is 4. The molecule has 31 heavy (non-hydrogen) atoms. The molecule has 1 aliphatic heterocycles. The van der Waals surface area contributed by atoms with Crippen LogP contribution >= 0.6 is 0 Å². The third kappa shape index (κ3) is 7.30. The Balaban J connectivity index is 1.59. The first kappa shape index (κ1) is 22.6. The number of alkyl halides is 3. The van der Waals surface area contributed by atoms with E-state index in [1.807, 2.05) is 4.90 Å². The quantitative estimate of drug-likeness (QED) is 0.634. The molecule has 1 saturated heterocycles. The highest BCUT2D eigenvalue weighted by Gasteiger charge is 2.31. The first-order valence-electron chi connectivity index (χ1n) is 9.36. The minimum Gasteiger partial charge on any atom is -0.487 e. The third-order valence-electron chi connectivity index (χ3n) is 4.36. The summed E-state index contributed by atoms with van der Waals surface area (Å²) in [6.45, 7) is 1.39. The highest BCUT2D eigenvalue weighted by molar-refractivity contribution is 5.68. The molecule has 2 heterocycles. The van der Waals surface area contributed by atoms with Crippen molar-refractivity contribution in [2.75, 3.05) is 37.9 Å². The zero-order valence-corrected chi connectivity index (χ0v) is 16.4. The minimum atomic E-state index is -4.74. The molecule has 2 aromatic rings. The van der Waals surface area contributed by atoms with Gasteiger partial charge in [-0.2, -0.15) is 0 Å². The van der Waals surface area contributed by atoms with E-state index >= 15 is 0 Å².